The quantitative estimate of drug-likeness (QED) is 0.164. The molecule has 3 aromatic carbocycles. The van der Waals surface area contributed by atoms with E-state index in [0.29, 0.717) is 19.6 Å². The zero-order chi connectivity index (χ0) is 33.4. The zero-order valence-corrected chi connectivity index (χ0v) is 29.8. The first-order valence-electron chi connectivity index (χ1n) is 16.3. The van der Waals surface area contributed by atoms with E-state index in [1.54, 1.807) is 0 Å². The first kappa shape index (κ1) is 33.5. The summed E-state index contributed by atoms with van der Waals surface area (Å²) in [5.74, 6) is -1.16. The van der Waals surface area contributed by atoms with Crippen LogP contribution < -0.4 is 0 Å². The number of aromatic nitrogens is 3. The Hall–Kier alpha value is -3.82. The SMILES string of the molecule is CCn1nnc2c(C)c([C@@H](c3ccc(C)c(CO[Si](C)(C)C(C)(C)C)c3)[C@H](C)C(=O)N3C(=O)OC[C@@H]3Cc3ccccc3)ccc21. The highest BCUT2D eigenvalue weighted by molar-refractivity contribution is 6.74. The molecule has 8 nitrogen and oxygen atoms in total. The van der Waals surface area contributed by atoms with Crippen molar-refractivity contribution >= 4 is 31.4 Å². The summed E-state index contributed by atoms with van der Waals surface area (Å²) in [6.07, 6.45) is -0.0396. The van der Waals surface area contributed by atoms with Gasteiger partial charge in [-0.2, -0.15) is 0 Å². The number of hydrogen-bond donors (Lipinski definition) is 0. The van der Waals surface area contributed by atoms with Crippen molar-refractivity contribution in [2.75, 3.05) is 6.61 Å². The normalized spacial score (nSPS) is 16.9. The predicted molar refractivity (Wildman–Crippen MR) is 184 cm³/mol. The van der Waals surface area contributed by atoms with Crippen molar-refractivity contribution in [3.8, 4) is 0 Å². The van der Waals surface area contributed by atoms with Gasteiger partial charge in [-0.1, -0.05) is 87.5 Å². The van der Waals surface area contributed by atoms with E-state index in [1.165, 1.54) is 4.90 Å². The summed E-state index contributed by atoms with van der Waals surface area (Å²) in [4.78, 5) is 28.9. The molecule has 3 atom stereocenters. The monoisotopic (exact) mass is 640 g/mol. The Morgan fingerprint density at radius 1 is 1.09 bits per heavy atom. The first-order valence-corrected chi connectivity index (χ1v) is 19.2. The van der Waals surface area contributed by atoms with Gasteiger partial charge < -0.3 is 9.16 Å². The average Bonchev–Trinajstić information content (AvgIpc) is 3.61. The standard InChI is InChI=1S/C37H48N4O4Si/c1-10-40-32-19-18-31(25(3)34(32)38-39-40)33(28-17-16-24(2)29(21-28)22-45-46(8,9)37(5,6)7)26(4)35(42)41-30(23-44-36(41)43)20-27-14-12-11-13-15-27/h11-19,21,26,30,33H,10,20,22-23H2,1-9H3/t26-,30-,33+/m0/s1. The van der Waals surface area contributed by atoms with Gasteiger partial charge in [-0.05, 0) is 84.8 Å². The first-order chi connectivity index (χ1) is 21.7. The number of aryl methyl sites for hydroxylation is 3. The van der Waals surface area contributed by atoms with Crippen LogP contribution in [0.2, 0.25) is 18.1 Å². The van der Waals surface area contributed by atoms with Crippen LogP contribution in [0.1, 0.15) is 73.9 Å². The maximum Gasteiger partial charge on any atom is 0.416 e. The molecule has 4 aromatic rings. The van der Waals surface area contributed by atoms with E-state index in [9.17, 15) is 9.59 Å². The summed E-state index contributed by atoms with van der Waals surface area (Å²) in [7, 11) is -1.99. The van der Waals surface area contributed by atoms with Crippen LogP contribution in [0.15, 0.2) is 60.7 Å². The molecule has 0 spiro atoms. The van der Waals surface area contributed by atoms with Crippen molar-refractivity contribution in [1.29, 1.82) is 0 Å². The van der Waals surface area contributed by atoms with Gasteiger partial charge in [0, 0.05) is 18.4 Å². The Balaban J connectivity index is 1.56. The van der Waals surface area contributed by atoms with Gasteiger partial charge in [-0.15, -0.1) is 5.10 Å². The third-order valence-electron chi connectivity index (χ3n) is 10.1. The number of benzene rings is 3. The fourth-order valence-corrected chi connectivity index (χ4v) is 7.08. The largest absolute Gasteiger partial charge is 0.447 e. The summed E-state index contributed by atoms with van der Waals surface area (Å²) in [6, 6.07) is 20.1. The van der Waals surface area contributed by atoms with Gasteiger partial charge in [-0.25, -0.2) is 14.4 Å². The molecule has 1 aromatic heterocycles. The molecular weight excluding hydrogens is 593 g/mol. The van der Waals surface area contributed by atoms with Crippen molar-refractivity contribution in [3.05, 3.63) is 94.0 Å². The number of carbonyl (C=O) groups excluding carboxylic acids is 2. The summed E-state index contributed by atoms with van der Waals surface area (Å²) in [5, 5.41) is 8.97. The number of ether oxygens (including phenoxy) is 1. The highest BCUT2D eigenvalue weighted by Crippen LogP contribution is 2.40. The second-order valence-electron chi connectivity index (χ2n) is 14.2. The van der Waals surface area contributed by atoms with E-state index in [0.717, 1.165) is 44.4 Å². The molecule has 0 saturated carbocycles. The molecule has 0 radical (unpaired) electrons. The van der Waals surface area contributed by atoms with Crippen molar-refractivity contribution in [1.82, 2.24) is 19.9 Å². The lowest BCUT2D eigenvalue weighted by Gasteiger charge is -2.36. The average molecular weight is 641 g/mol. The lowest BCUT2D eigenvalue weighted by molar-refractivity contribution is -0.133. The minimum Gasteiger partial charge on any atom is -0.447 e. The van der Waals surface area contributed by atoms with Gasteiger partial charge in [0.1, 0.15) is 12.1 Å². The van der Waals surface area contributed by atoms with E-state index in [-0.39, 0.29) is 29.5 Å². The van der Waals surface area contributed by atoms with E-state index >= 15 is 0 Å². The Kier molecular flexibility index (Phi) is 9.57. The van der Waals surface area contributed by atoms with E-state index in [1.807, 2.05) is 54.9 Å². The molecule has 5 rings (SSSR count). The number of hydrogen-bond acceptors (Lipinski definition) is 6. The molecule has 0 unspecified atom stereocenters. The van der Waals surface area contributed by atoms with Gasteiger partial charge in [0.05, 0.1) is 18.2 Å². The van der Waals surface area contributed by atoms with Crippen LogP contribution in [0.5, 0.6) is 0 Å². The molecule has 9 heteroatoms. The van der Waals surface area contributed by atoms with Crippen molar-refractivity contribution in [2.45, 2.75) is 98.1 Å². The maximum absolute atomic E-state index is 14.5. The minimum atomic E-state index is -1.99. The molecule has 0 aliphatic carbocycles. The third-order valence-corrected chi connectivity index (χ3v) is 14.6. The lowest BCUT2D eigenvalue weighted by atomic mass is 9.78. The van der Waals surface area contributed by atoms with Crippen LogP contribution in [0.25, 0.3) is 11.0 Å². The zero-order valence-electron chi connectivity index (χ0n) is 28.8. The number of nitrogens with zero attached hydrogens (tertiary/aromatic N) is 4. The van der Waals surface area contributed by atoms with Crippen molar-refractivity contribution in [2.24, 2.45) is 5.92 Å². The summed E-state index contributed by atoms with van der Waals surface area (Å²) < 4.78 is 14.0. The fraction of sp³-hybridized carbons (Fsp3) is 0.459. The number of carbonyl (C=O) groups is 2. The second-order valence-corrected chi connectivity index (χ2v) is 19.0. The van der Waals surface area contributed by atoms with Gasteiger partial charge in [0.15, 0.2) is 8.32 Å². The lowest BCUT2D eigenvalue weighted by Crippen LogP contribution is -2.44. The molecule has 1 aliphatic rings. The molecule has 46 heavy (non-hydrogen) atoms. The fourth-order valence-electron chi connectivity index (χ4n) is 6.13. The van der Waals surface area contributed by atoms with Gasteiger partial charge >= 0.3 is 6.09 Å². The third kappa shape index (κ3) is 6.53. The number of imide groups is 1. The van der Waals surface area contributed by atoms with Crippen LogP contribution in [-0.2, 0) is 33.5 Å². The molecule has 1 aliphatic heterocycles. The Morgan fingerprint density at radius 2 is 1.80 bits per heavy atom. The molecular formula is C37H48N4O4Si. The summed E-state index contributed by atoms with van der Waals surface area (Å²) >= 11 is 0. The smallest absolute Gasteiger partial charge is 0.416 e. The van der Waals surface area contributed by atoms with Crippen LogP contribution in [0.3, 0.4) is 0 Å². The van der Waals surface area contributed by atoms with E-state index in [2.05, 4.69) is 82.3 Å². The predicted octanol–water partition coefficient (Wildman–Crippen LogP) is 7.95. The Morgan fingerprint density at radius 3 is 2.48 bits per heavy atom. The Labute approximate surface area is 274 Å². The van der Waals surface area contributed by atoms with Crippen molar-refractivity contribution in [3.63, 3.8) is 0 Å². The summed E-state index contributed by atoms with van der Waals surface area (Å²) in [6.45, 7) is 20.8. The van der Waals surface area contributed by atoms with Crippen LogP contribution in [0.4, 0.5) is 4.79 Å². The molecule has 1 fully saturated rings. The number of cyclic esters (lactones) is 1. The maximum atomic E-state index is 14.5. The Bertz CT molecular complexity index is 1730. The van der Waals surface area contributed by atoms with Gasteiger partial charge in [-0.3, -0.25) is 4.79 Å². The number of amides is 2. The highest BCUT2D eigenvalue weighted by atomic mass is 28.4. The number of rotatable bonds is 10. The van der Waals surface area contributed by atoms with Crippen LogP contribution in [-0.4, -0.2) is 52.9 Å². The van der Waals surface area contributed by atoms with E-state index < -0.39 is 20.3 Å². The molecule has 2 heterocycles. The molecule has 0 bridgehead atoms. The molecule has 244 valence electrons. The summed E-state index contributed by atoms with van der Waals surface area (Å²) in [5.41, 5.74) is 8.04. The van der Waals surface area contributed by atoms with Gasteiger partial charge in [0.25, 0.3) is 0 Å². The number of fused-ring (bicyclic) bond motifs is 1. The second kappa shape index (κ2) is 13.1. The van der Waals surface area contributed by atoms with Crippen molar-refractivity contribution < 1.29 is 18.8 Å². The van der Waals surface area contributed by atoms with E-state index in [4.69, 9.17) is 9.16 Å². The highest BCUT2D eigenvalue weighted by Gasteiger charge is 2.43. The van der Waals surface area contributed by atoms with Crippen LogP contribution >= 0.6 is 0 Å². The molecule has 1 saturated heterocycles. The molecule has 2 amide bonds. The topological polar surface area (TPSA) is 86.5 Å². The van der Waals surface area contributed by atoms with Gasteiger partial charge in [0.2, 0.25) is 5.91 Å². The minimum absolute atomic E-state index is 0.0884. The molecule has 0 N–H and O–H groups in total. The van der Waals surface area contributed by atoms with Crippen LogP contribution in [0, 0.1) is 19.8 Å².